The molecule has 7 nitrogen and oxygen atoms in total. The lowest BCUT2D eigenvalue weighted by molar-refractivity contribution is 0.247. The van der Waals surface area contributed by atoms with Gasteiger partial charge in [0.2, 0.25) is 11.7 Å². The molecule has 2 aromatic heterocycles. The van der Waals surface area contributed by atoms with E-state index in [1.165, 1.54) is 6.33 Å². The van der Waals surface area contributed by atoms with E-state index in [2.05, 4.69) is 58.3 Å². The van der Waals surface area contributed by atoms with Gasteiger partial charge in [-0.25, -0.2) is 4.98 Å². The number of nitrogens with one attached hydrogen (secondary N) is 2. The molecule has 2 aromatic rings. The first-order valence-corrected chi connectivity index (χ1v) is 6.42. The van der Waals surface area contributed by atoms with Crippen LogP contribution in [0.2, 0.25) is 0 Å². The number of aromatic amines is 1. The van der Waals surface area contributed by atoms with Crippen LogP contribution in [0.15, 0.2) is 10.9 Å². The number of H-pyrrole nitrogens is 1. The number of hydrogen-bond acceptors (Lipinski definition) is 6. The summed E-state index contributed by atoms with van der Waals surface area (Å²) < 4.78 is 5.27. The van der Waals surface area contributed by atoms with Crippen molar-refractivity contribution in [2.45, 2.75) is 40.2 Å². The largest absolute Gasteiger partial charge is 0.339 e. The maximum Gasteiger partial charge on any atom is 0.239 e. The first-order chi connectivity index (χ1) is 9.00. The first kappa shape index (κ1) is 13.7. The highest BCUT2D eigenvalue weighted by molar-refractivity contribution is 5.39. The molecule has 104 valence electrons. The quantitative estimate of drug-likeness (QED) is 0.848. The number of hydrogen-bond donors (Lipinski definition) is 2. The lowest BCUT2D eigenvalue weighted by Gasteiger charge is -2.30. The van der Waals surface area contributed by atoms with Crippen molar-refractivity contribution in [1.29, 1.82) is 0 Å². The average Bonchev–Trinajstić information content (AvgIpc) is 2.97. The summed E-state index contributed by atoms with van der Waals surface area (Å²) in [4.78, 5) is 8.33. The minimum absolute atomic E-state index is 0.122. The number of aromatic nitrogens is 5. The van der Waals surface area contributed by atoms with Crippen molar-refractivity contribution in [3.63, 3.8) is 0 Å². The Kier molecular flexibility index (Phi) is 3.94. The SMILES string of the molecule is CCNC(Cc1nc(-c2ncn[nH]2)no1)C(C)(C)C. The Hall–Kier alpha value is -1.76. The maximum atomic E-state index is 5.27. The first-order valence-electron chi connectivity index (χ1n) is 6.42. The summed E-state index contributed by atoms with van der Waals surface area (Å²) in [6.07, 6.45) is 2.11. The van der Waals surface area contributed by atoms with Gasteiger partial charge in [-0.1, -0.05) is 32.9 Å². The highest BCUT2D eigenvalue weighted by Crippen LogP contribution is 2.22. The molecule has 0 amide bonds. The maximum absolute atomic E-state index is 5.27. The van der Waals surface area contributed by atoms with Crippen LogP contribution in [0.5, 0.6) is 0 Å². The van der Waals surface area contributed by atoms with Crippen LogP contribution in [0.25, 0.3) is 11.6 Å². The van der Waals surface area contributed by atoms with Crippen molar-refractivity contribution < 1.29 is 4.52 Å². The van der Waals surface area contributed by atoms with Gasteiger partial charge in [0.25, 0.3) is 0 Å². The van der Waals surface area contributed by atoms with Crippen LogP contribution in [0.1, 0.15) is 33.6 Å². The molecule has 0 saturated heterocycles. The minimum Gasteiger partial charge on any atom is -0.339 e. The van der Waals surface area contributed by atoms with E-state index >= 15 is 0 Å². The van der Waals surface area contributed by atoms with Crippen LogP contribution < -0.4 is 5.32 Å². The van der Waals surface area contributed by atoms with Gasteiger partial charge in [0, 0.05) is 12.5 Å². The Labute approximate surface area is 112 Å². The fourth-order valence-corrected chi connectivity index (χ4v) is 1.85. The van der Waals surface area contributed by atoms with Crippen molar-refractivity contribution in [1.82, 2.24) is 30.6 Å². The van der Waals surface area contributed by atoms with Crippen LogP contribution in [-0.2, 0) is 6.42 Å². The summed E-state index contributed by atoms with van der Waals surface area (Å²) in [7, 11) is 0. The smallest absolute Gasteiger partial charge is 0.239 e. The van der Waals surface area contributed by atoms with Gasteiger partial charge in [0.1, 0.15) is 6.33 Å². The molecule has 2 N–H and O–H groups in total. The molecule has 2 rings (SSSR count). The molecule has 0 bridgehead atoms. The van der Waals surface area contributed by atoms with E-state index in [0.29, 0.717) is 24.0 Å². The van der Waals surface area contributed by atoms with Gasteiger partial charge in [-0.3, -0.25) is 5.10 Å². The zero-order valence-corrected chi connectivity index (χ0v) is 11.8. The molecular weight excluding hydrogens is 244 g/mol. The van der Waals surface area contributed by atoms with E-state index in [1.807, 2.05) is 0 Å². The van der Waals surface area contributed by atoms with Crippen LogP contribution in [0, 0.1) is 5.41 Å². The Balaban J connectivity index is 2.10. The summed E-state index contributed by atoms with van der Waals surface area (Å²) in [5, 5.41) is 13.8. The van der Waals surface area contributed by atoms with Gasteiger partial charge in [0.05, 0.1) is 0 Å². The monoisotopic (exact) mass is 264 g/mol. The minimum atomic E-state index is 0.122. The van der Waals surface area contributed by atoms with Crippen molar-refractivity contribution in [2.75, 3.05) is 6.54 Å². The second-order valence-electron chi connectivity index (χ2n) is 5.53. The van der Waals surface area contributed by atoms with E-state index in [0.717, 1.165) is 6.54 Å². The lowest BCUT2D eigenvalue weighted by atomic mass is 9.84. The molecular formula is C12H20N6O. The van der Waals surface area contributed by atoms with Crippen molar-refractivity contribution in [2.24, 2.45) is 5.41 Å². The molecule has 7 heteroatoms. The lowest BCUT2D eigenvalue weighted by Crippen LogP contribution is -2.41. The number of rotatable bonds is 5. The van der Waals surface area contributed by atoms with Gasteiger partial charge in [-0.15, -0.1) is 0 Å². The zero-order chi connectivity index (χ0) is 13.9. The molecule has 1 atom stereocenters. The fraction of sp³-hybridized carbons (Fsp3) is 0.667. The Bertz CT molecular complexity index is 499. The summed E-state index contributed by atoms with van der Waals surface area (Å²) in [6.45, 7) is 9.56. The molecule has 0 aliphatic carbocycles. The molecule has 0 saturated carbocycles. The van der Waals surface area contributed by atoms with E-state index in [1.54, 1.807) is 0 Å². The summed E-state index contributed by atoms with van der Waals surface area (Å²) in [5.74, 6) is 1.56. The van der Waals surface area contributed by atoms with Crippen molar-refractivity contribution >= 4 is 0 Å². The van der Waals surface area contributed by atoms with E-state index in [-0.39, 0.29) is 11.5 Å². The topological polar surface area (TPSA) is 92.5 Å². The van der Waals surface area contributed by atoms with Crippen molar-refractivity contribution in [3.05, 3.63) is 12.2 Å². The average molecular weight is 264 g/mol. The molecule has 0 spiro atoms. The molecule has 0 fully saturated rings. The van der Waals surface area contributed by atoms with Gasteiger partial charge in [0.15, 0.2) is 5.82 Å². The van der Waals surface area contributed by atoms with Gasteiger partial charge < -0.3 is 9.84 Å². The predicted octanol–water partition coefficient (Wildman–Crippen LogP) is 1.42. The third-order valence-corrected chi connectivity index (χ3v) is 2.97. The highest BCUT2D eigenvalue weighted by Gasteiger charge is 2.26. The summed E-state index contributed by atoms with van der Waals surface area (Å²) in [5.41, 5.74) is 0.122. The van der Waals surface area contributed by atoms with Gasteiger partial charge in [-0.2, -0.15) is 10.1 Å². The van der Waals surface area contributed by atoms with E-state index < -0.39 is 0 Å². The molecule has 2 heterocycles. The molecule has 0 aliphatic heterocycles. The highest BCUT2D eigenvalue weighted by atomic mass is 16.5. The normalized spacial score (nSPS) is 13.7. The fourth-order valence-electron chi connectivity index (χ4n) is 1.85. The number of likely N-dealkylation sites (N-methyl/N-ethyl adjacent to an activating group) is 1. The molecule has 0 aromatic carbocycles. The van der Waals surface area contributed by atoms with E-state index in [9.17, 15) is 0 Å². The molecule has 19 heavy (non-hydrogen) atoms. The van der Waals surface area contributed by atoms with Gasteiger partial charge >= 0.3 is 0 Å². The standard InChI is InChI=1S/C12H20N6O/c1-5-13-8(12(2,3)4)6-9-16-11(18-19-9)10-14-7-15-17-10/h7-8,13H,5-6H2,1-4H3,(H,14,15,17). The number of nitrogens with zero attached hydrogens (tertiary/aromatic N) is 4. The second-order valence-corrected chi connectivity index (χ2v) is 5.53. The van der Waals surface area contributed by atoms with Crippen LogP contribution in [0.4, 0.5) is 0 Å². The van der Waals surface area contributed by atoms with E-state index in [4.69, 9.17) is 4.52 Å². The third kappa shape index (κ3) is 3.37. The molecule has 1 unspecified atom stereocenters. The predicted molar refractivity (Wildman–Crippen MR) is 70.3 cm³/mol. The Morgan fingerprint density at radius 1 is 1.42 bits per heavy atom. The van der Waals surface area contributed by atoms with Crippen molar-refractivity contribution in [3.8, 4) is 11.6 Å². The molecule has 0 radical (unpaired) electrons. The van der Waals surface area contributed by atoms with Crippen LogP contribution >= 0.6 is 0 Å². The third-order valence-electron chi connectivity index (χ3n) is 2.97. The zero-order valence-electron chi connectivity index (χ0n) is 11.8. The van der Waals surface area contributed by atoms with Crippen LogP contribution in [-0.4, -0.2) is 37.9 Å². The second kappa shape index (κ2) is 5.48. The van der Waals surface area contributed by atoms with Crippen LogP contribution in [0.3, 0.4) is 0 Å². The molecule has 0 aliphatic rings. The Morgan fingerprint density at radius 2 is 2.21 bits per heavy atom. The summed E-state index contributed by atoms with van der Waals surface area (Å²) in [6, 6.07) is 0.278. The van der Waals surface area contributed by atoms with Gasteiger partial charge in [-0.05, 0) is 12.0 Å². The summed E-state index contributed by atoms with van der Waals surface area (Å²) >= 11 is 0. The Morgan fingerprint density at radius 3 is 2.79 bits per heavy atom.